The summed E-state index contributed by atoms with van der Waals surface area (Å²) in [6, 6.07) is 5.02. The van der Waals surface area contributed by atoms with E-state index in [9.17, 15) is 10.1 Å². The van der Waals surface area contributed by atoms with Crippen LogP contribution in [0.3, 0.4) is 0 Å². The van der Waals surface area contributed by atoms with Crippen molar-refractivity contribution in [2.24, 2.45) is 0 Å². The lowest BCUT2D eigenvalue weighted by atomic mass is 10.1. The zero-order valence-corrected chi connectivity index (χ0v) is 11.8. The molecule has 0 atom stereocenters. The van der Waals surface area contributed by atoms with Gasteiger partial charge in [0.2, 0.25) is 0 Å². The fourth-order valence-corrected chi connectivity index (χ4v) is 2.08. The first-order chi connectivity index (χ1) is 9.61. The standard InChI is InChI=1S/C13H15ClN4O2/c1-2-6-15-13-10(4-3-5-12(13)18(19)20)8-17-9-11(14)7-16-17/h3-5,7,9,15H,2,6,8H2,1H3. The SMILES string of the molecule is CCCNc1c(Cn2cc(Cl)cn2)cccc1[N+](=O)[O-]. The van der Waals surface area contributed by atoms with Crippen LogP contribution in [0.25, 0.3) is 0 Å². The zero-order valence-electron chi connectivity index (χ0n) is 11.0. The first kappa shape index (κ1) is 14.3. The van der Waals surface area contributed by atoms with Crippen LogP contribution in [-0.2, 0) is 6.54 Å². The Morgan fingerprint density at radius 3 is 2.90 bits per heavy atom. The lowest BCUT2D eigenvalue weighted by Gasteiger charge is -2.12. The summed E-state index contributed by atoms with van der Waals surface area (Å²) in [4.78, 5) is 10.7. The molecule has 6 nitrogen and oxygen atoms in total. The number of hydrogen-bond acceptors (Lipinski definition) is 4. The Balaban J connectivity index is 2.35. The molecule has 2 aromatic rings. The Kier molecular flexibility index (Phi) is 4.57. The summed E-state index contributed by atoms with van der Waals surface area (Å²) in [5.41, 5.74) is 1.44. The first-order valence-corrected chi connectivity index (χ1v) is 6.67. The maximum atomic E-state index is 11.1. The van der Waals surface area contributed by atoms with Crippen molar-refractivity contribution in [3.63, 3.8) is 0 Å². The lowest BCUT2D eigenvalue weighted by Crippen LogP contribution is -2.09. The summed E-state index contributed by atoms with van der Waals surface area (Å²) in [7, 11) is 0. The Morgan fingerprint density at radius 1 is 1.50 bits per heavy atom. The van der Waals surface area contributed by atoms with Crippen LogP contribution in [0.1, 0.15) is 18.9 Å². The van der Waals surface area contributed by atoms with E-state index in [1.165, 1.54) is 12.3 Å². The van der Waals surface area contributed by atoms with Gasteiger partial charge in [-0.3, -0.25) is 14.8 Å². The van der Waals surface area contributed by atoms with E-state index in [0.717, 1.165) is 12.0 Å². The molecule has 0 amide bonds. The van der Waals surface area contributed by atoms with Gasteiger partial charge < -0.3 is 5.32 Å². The van der Waals surface area contributed by atoms with Crippen LogP contribution in [0, 0.1) is 10.1 Å². The first-order valence-electron chi connectivity index (χ1n) is 6.30. The number of nitro benzene ring substituents is 1. The molecule has 0 aliphatic carbocycles. The molecule has 0 unspecified atom stereocenters. The third-order valence-corrected chi connectivity index (χ3v) is 3.01. The number of anilines is 1. The molecule has 0 saturated heterocycles. The van der Waals surface area contributed by atoms with Crippen molar-refractivity contribution < 1.29 is 4.92 Å². The fraction of sp³-hybridized carbons (Fsp3) is 0.308. The van der Waals surface area contributed by atoms with Gasteiger partial charge in [0.15, 0.2) is 0 Å². The fourth-order valence-electron chi connectivity index (χ4n) is 1.92. The number of rotatable bonds is 6. The topological polar surface area (TPSA) is 73.0 Å². The number of aromatic nitrogens is 2. The molecular formula is C13H15ClN4O2. The third kappa shape index (κ3) is 3.27. The second kappa shape index (κ2) is 6.38. The van der Waals surface area contributed by atoms with E-state index >= 15 is 0 Å². The van der Waals surface area contributed by atoms with E-state index in [2.05, 4.69) is 10.4 Å². The van der Waals surface area contributed by atoms with E-state index < -0.39 is 0 Å². The maximum Gasteiger partial charge on any atom is 0.292 e. The molecule has 1 aromatic heterocycles. The Hall–Kier alpha value is -2.08. The number of hydrogen-bond donors (Lipinski definition) is 1. The van der Waals surface area contributed by atoms with Gasteiger partial charge in [0.1, 0.15) is 5.69 Å². The van der Waals surface area contributed by atoms with E-state index in [0.29, 0.717) is 23.8 Å². The summed E-state index contributed by atoms with van der Waals surface area (Å²) in [5.74, 6) is 0. The predicted octanol–water partition coefficient (Wildman–Crippen LogP) is 3.31. The summed E-state index contributed by atoms with van der Waals surface area (Å²) >= 11 is 5.82. The lowest BCUT2D eigenvalue weighted by molar-refractivity contribution is -0.384. The van der Waals surface area contributed by atoms with Gasteiger partial charge in [0.05, 0.1) is 22.7 Å². The number of para-hydroxylation sites is 1. The van der Waals surface area contributed by atoms with Crippen molar-refractivity contribution in [1.82, 2.24) is 9.78 Å². The highest BCUT2D eigenvalue weighted by molar-refractivity contribution is 6.30. The van der Waals surface area contributed by atoms with Gasteiger partial charge in [-0.05, 0) is 6.42 Å². The van der Waals surface area contributed by atoms with Crippen LogP contribution in [0.4, 0.5) is 11.4 Å². The molecule has 20 heavy (non-hydrogen) atoms. The summed E-state index contributed by atoms with van der Waals surface area (Å²) in [6.07, 6.45) is 4.11. The highest BCUT2D eigenvalue weighted by Gasteiger charge is 2.17. The highest BCUT2D eigenvalue weighted by atomic mass is 35.5. The quantitative estimate of drug-likeness (QED) is 0.655. The van der Waals surface area contributed by atoms with Gasteiger partial charge in [-0.25, -0.2) is 0 Å². The minimum absolute atomic E-state index is 0.0780. The van der Waals surface area contributed by atoms with Crippen LogP contribution in [-0.4, -0.2) is 21.2 Å². The molecule has 1 aromatic carbocycles. The molecule has 1 heterocycles. The molecule has 0 bridgehead atoms. The number of halogens is 1. The normalized spacial score (nSPS) is 10.5. The van der Waals surface area contributed by atoms with Crippen LogP contribution < -0.4 is 5.32 Å². The molecule has 0 saturated carbocycles. The van der Waals surface area contributed by atoms with Crippen molar-refractivity contribution in [3.8, 4) is 0 Å². The molecule has 0 aliphatic rings. The molecule has 0 radical (unpaired) electrons. The van der Waals surface area contributed by atoms with E-state index in [1.807, 2.05) is 13.0 Å². The van der Waals surface area contributed by atoms with Gasteiger partial charge in [-0.15, -0.1) is 0 Å². The number of nitrogens with zero attached hydrogens (tertiary/aromatic N) is 3. The molecular weight excluding hydrogens is 280 g/mol. The van der Waals surface area contributed by atoms with Crippen LogP contribution in [0.15, 0.2) is 30.6 Å². The predicted molar refractivity (Wildman–Crippen MR) is 78.2 cm³/mol. The second-order valence-corrected chi connectivity index (χ2v) is 4.79. The smallest absolute Gasteiger partial charge is 0.292 e. The van der Waals surface area contributed by atoms with Gasteiger partial charge in [-0.1, -0.05) is 30.7 Å². The van der Waals surface area contributed by atoms with Crippen LogP contribution in [0.2, 0.25) is 5.02 Å². The van der Waals surface area contributed by atoms with Crippen molar-refractivity contribution >= 4 is 23.0 Å². The maximum absolute atomic E-state index is 11.1. The van der Waals surface area contributed by atoms with Gasteiger partial charge in [0, 0.05) is 24.4 Å². The number of benzene rings is 1. The van der Waals surface area contributed by atoms with Crippen LogP contribution >= 0.6 is 11.6 Å². The zero-order chi connectivity index (χ0) is 14.5. The molecule has 2 rings (SSSR count). The van der Waals surface area contributed by atoms with Crippen molar-refractivity contribution in [2.75, 3.05) is 11.9 Å². The average molecular weight is 295 g/mol. The van der Waals surface area contributed by atoms with Gasteiger partial charge in [-0.2, -0.15) is 5.10 Å². The number of nitrogens with one attached hydrogen (secondary N) is 1. The number of nitro groups is 1. The Bertz CT molecular complexity index is 612. The van der Waals surface area contributed by atoms with Crippen molar-refractivity contribution in [2.45, 2.75) is 19.9 Å². The summed E-state index contributed by atoms with van der Waals surface area (Å²) < 4.78 is 1.65. The molecule has 0 fully saturated rings. The van der Waals surface area contributed by atoms with E-state index in [4.69, 9.17) is 11.6 Å². The van der Waals surface area contributed by atoms with Crippen LogP contribution in [0.5, 0.6) is 0 Å². The molecule has 1 N–H and O–H groups in total. The minimum atomic E-state index is -0.377. The molecule has 106 valence electrons. The summed E-state index contributed by atoms with van der Waals surface area (Å²) in [6.45, 7) is 3.12. The largest absolute Gasteiger partial charge is 0.379 e. The van der Waals surface area contributed by atoms with Crippen molar-refractivity contribution in [1.29, 1.82) is 0 Å². The average Bonchev–Trinajstić information content (AvgIpc) is 2.82. The highest BCUT2D eigenvalue weighted by Crippen LogP contribution is 2.29. The van der Waals surface area contributed by atoms with Gasteiger partial charge >= 0.3 is 0 Å². The van der Waals surface area contributed by atoms with Gasteiger partial charge in [0.25, 0.3) is 5.69 Å². The van der Waals surface area contributed by atoms with E-state index in [1.54, 1.807) is 16.9 Å². The molecule has 0 spiro atoms. The Labute approximate surface area is 121 Å². The monoisotopic (exact) mass is 294 g/mol. The summed E-state index contributed by atoms with van der Waals surface area (Å²) in [5, 5.41) is 18.9. The Morgan fingerprint density at radius 2 is 2.30 bits per heavy atom. The molecule has 0 aliphatic heterocycles. The third-order valence-electron chi connectivity index (χ3n) is 2.81. The molecule has 7 heteroatoms. The second-order valence-electron chi connectivity index (χ2n) is 4.35. The minimum Gasteiger partial charge on any atom is -0.379 e. The van der Waals surface area contributed by atoms with Crippen molar-refractivity contribution in [3.05, 3.63) is 51.3 Å². The van der Waals surface area contributed by atoms with E-state index in [-0.39, 0.29) is 10.6 Å².